The number of hydrogen-bond acceptors (Lipinski definition) is 3. The first-order valence-electron chi connectivity index (χ1n) is 6.73. The van der Waals surface area contributed by atoms with Crippen molar-refractivity contribution in [3.63, 3.8) is 0 Å². The van der Waals surface area contributed by atoms with Gasteiger partial charge in [0.05, 0.1) is 12.1 Å². The van der Waals surface area contributed by atoms with Crippen LogP contribution in [0.2, 0.25) is 5.02 Å². The number of halogens is 1. The summed E-state index contributed by atoms with van der Waals surface area (Å²) in [4.78, 5) is 4.33. The van der Waals surface area contributed by atoms with Crippen LogP contribution in [0.5, 0.6) is 0 Å². The van der Waals surface area contributed by atoms with Gasteiger partial charge in [0.1, 0.15) is 0 Å². The van der Waals surface area contributed by atoms with Crippen LogP contribution in [0.3, 0.4) is 0 Å². The van der Waals surface area contributed by atoms with E-state index in [-0.39, 0.29) is 6.61 Å². The van der Waals surface area contributed by atoms with Crippen molar-refractivity contribution in [2.45, 2.75) is 13.2 Å². The van der Waals surface area contributed by atoms with E-state index < -0.39 is 0 Å². The molecule has 0 saturated carbocycles. The highest BCUT2D eigenvalue weighted by Gasteiger charge is 2.03. The van der Waals surface area contributed by atoms with Gasteiger partial charge in [-0.3, -0.25) is 4.98 Å². The van der Waals surface area contributed by atoms with E-state index in [1.807, 2.05) is 48.5 Å². The number of rotatable bonds is 4. The molecule has 3 rings (SSSR count). The fraction of sp³-hybridized carbons (Fsp3) is 0.118. The molecule has 0 fully saturated rings. The number of hydrogen-bond donors (Lipinski definition) is 2. The molecule has 21 heavy (non-hydrogen) atoms. The Labute approximate surface area is 128 Å². The molecule has 1 aromatic heterocycles. The summed E-state index contributed by atoms with van der Waals surface area (Å²) in [5.41, 5.74) is 3.93. The van der Waals surface area contributed by atoms with Gasteiger partial charge in [-0.15, -0.1) is 0 Å². The summed E-state index contributed by atoms with van der Waals surface area (Å²) in [5, 5.41) is 14.3. The number of anilines is 1. The summed E-state index contributed by atoms with van der Waals surface area (Å²) < 4.78 is 0. The first-order chi connectivity index (χ1) is 10.3. The number of nitrogens with one attached hydrogen (secondary N) is 1. The molecule has 0 saturated heterocycles. The van der Waals surface area contributed by atoms with E-state index in [2.05, 4.69) is 10.3 Å². The molecule has 3 nitrogen and oxygen atoms in total. The van der Waals surface area contributed by atoms with Crippen LogP contribution >= 0.6 is 11.6 Å². The predicted octanol–water partition coefficient (Wildman–Crippen LogP) is 3.99. The molecule has 106 valence electrons. The van der Waals surface area contributed by atoms with Crippen LogP contribution < -0.4 is 5.32 Å². The molecule has 0 amide bonds. The summed E-state index contributed by atoms with van der Waals surface area (Å²) in [6, 6.07) is 15.5. The van der Waals surface area contributed by atoms with Crippen molar-refractivity contribution in [3.05, 3.63) is 70.9 Å². The van der Waals surface area contributed by atoms with Gasteiger partial charge in [-0.1, -0.05) is 35.9 Å². The maximum absolute atomic E-state index is 9.17. The van der Waals surface area contributed by atoms with Crippen LogP contribution in [-0.2, 0) is 13.2 Å². The van der Waals surface area contributed by atoms with Crippen molar-refractivity contribution >= 4 is 28.2 Å². The standard InChI is InChI=1S/C17H15ClN2O/c18-14-4-5-15-16(6-7-19-17(15)9-14)20-10-12-2-1-3-13(8-12)11-21/h1-9,21H,10-11H2,(H,19,20). The molecule has 0 atom stereocenters. The lowest BCUT2D eigenvalue weighted by molar-refractivity contribution is 0.281. The average Bonchev–Trinajstić information content (AvgIpc) is 2.52. The van der Waals surface area contributed by atoms with E-state index in [9.17, 15) is 5.11 Å². The Kier molecular flexibility index (Phi) is 4.04. The smallest absolute Gasteiger partial charge is 0.0737 e. The zero-order chi connectivity index (χ0) is 14.7. The van der Waals surface area contributed by atoms with Gasteiger partial charge in [-0.05, 0) is 35.4 Å². The van der Waals surface area contributed by atoms with Crippen LogP contribution in [-0.4, -0.2) is 10.1 Å². The van der Waals surface area contributed by atoms with Crippen LogP contribution in [0, 0.1) is 0 Å². The van der Waals surface area contributed by atoms with Crippen LogP contribution in [0.1, 0.15) is 11.1 Å². The Morgan fingerprint density at radius 1 is 1.05 bits per heavy atom. The van der Waals surface area contributed by atoms with Crippen molar-refractivity contribution in [1.82, 2.24) is 4.98 Å². The molecular weight excluding hydrogens is 284 g/mol. The van der Waals surface area contributed by atoms with Crippen molar-refractivity contribution in [3.8, 4) is 0 Å². The number of aliphatic hydroxyl groups excluding tert-OH is 1. The summed E-state index contributed by atoms with van der Waals surface area (Å²) in [7, 11) is 0. The SMILES string of the molecule is OCc1cccc(CNc2ccnc3cc(Cl)ccc23)c1. The van der Waals surface area contributed by atoms with Gasteiger partial charge in [-0.25, -0.2) is 0 Å². The van der Waals surface area contributed by atoms with Gasteiger partial charge in [-0.2, -0.15) is 0 Å². The Balaban J connectivity index is 1.84. The predicted molar refractivity (Wildman–Crippen MR) is 86.4 cm³/mol. The number of nitrogens with zero attached hydrogens (tertiary/aromatic N) is 1. The molecule has 0 aliphatic carbocycles. The highest BCUT2D eigenvalue weighted by Crippen LogP contribution is 2.24. The molecule has 4 heteroatoms. The van der Waals surface area contributed by atoms with Gasteiger partial charge in [0.25, 0.3) is 0 Å². The topological polar surface area (TPSA) is 45.1 Å². The van der Waals surface area contributed by atoms with Gasteiger partial charge in [0.15, 0.2) is 0 Å². The lowest BCUT2D eigenvalue weighted by Crippen LogP contribution is -2.01. The Hall–Kier alpha value is -2.10. The number of aliphatic hydroxyl groups is 1. The summed E-state index contributed by atoms with van der Waals surface area (Å²) in [6.45, 7) is 0.750. The minimum absolute atomic E-state index is 0.0600. The number of fused-ring (bicyclic) bond motifs is 1. The number of pyridine rings is 1. The van der Waals surface area contributed by atoms with E-state index in [0.717, 1.165) is 27.7 Å². The fourth-order valence-corrected chi connectivity index (χ4v) is 2.48. The lowest BCUT2D eigenvalue weighted by Gasteiger charge is -2.10. The monoisotopic (exact) mass is 298 g/mol. The van der Waals surface area contributed by atoms with E-state index >= 15 is 0 Å². The maximum atomic E-state index is 9.17. The first-order valence-corrected chi connectivity index (χ1v) is 7.11. The fourth-order valence-electron chi connectivity index (χ4n) is 2.31. The Bertz CT molecular complexity index is 774. The summed E-state index contributed by atoms with van der Waals surface area (Å²) in [6.07, 6.45) is 1.77. The second-order valence-corrected chi connectivity index (χ2v) is 5.29. The van der Waals surface area contributed by atoms with E-state index in [0.29, 0.717) is 11.6 Å². The molecule has 1 heterocycles. The maximum Gasteiger partial charge on any atom is 0.0737 e. The van der Waals surface area contributed by atoms with Gasteiger partial charge >= 0.3 is 0 Å². The molecule has 0 aliphatic rings. The van der Waals surface area contributed by atoms with Gasteiger partial charge in [0, 0.05) is 28.8 Å². The van der Waals surface area contributed by atoms with Crippen LogP contribution in [0.25, 0.3) is 10.9 Å². The van der Waals surface area contributed by atoms with Crippen LogP contribution in [0.15, 0.2) is 54.7 Å². The highest BCUT2D eigenvalue weighted by molar-refractivity contribution is 6.31. The second kappa shape index (κ2) is 6.12. The van der Waals surface area contributed by atoms with E-state index in [1.54, 1.807) is 6.20 Å². The van der Waals surface area contributed by atoms with Crippen molar-refractivity contribution < 1.29 is 5.11 Å². The van der Waals surface area contributed by atoms with E-state index in [1.165, 1.54) is 0 Å². The number of benzene rings is 2. The van der Waals surface area contributed by atoms with Crippen LogP contribution in [0.4, 0.5) is 5.69 Å². The van der Waals surface area contributed by atoms with Crippen molar-refractivity contribution in [1.29, 1.82) is 0 Å². The number of aromatic nitrogens is 1. The summed E-state index contributed by atoms with van der Waals surface area (Å²) in [5.74, 6) is 0. The highest BCUT2D eigenvalue weighted by atomic mass is 35.5. The molecule has 2 N–H and O–H groups in total. The summed E-state index contributed by atoms with van der Waals surface area (Å²) >= 11 is 5.99. The first kappa shape index (κ1) is 13.9. The molecule has 3 aromatic rings. The van der Waals surface area contributed by atoms with E-state index in [4.69, 9.17) is 11.6 Å². The second-order valence-electron chi connectivity index (χ2n) is 4.85. The van der Waals surface area contributed by atoms with Gasteiger partial charge in [0.2, 0.25) is 0 Å². The largest absolute Gasteiger partial charge is 0.392 e. The quantitative estimate of drug-likeness (QED) is 0.765. The normalized spacial score (nSPS) is 10.8. The molecule has 0 unspecified atom stereocenters. The molecule has 0 aliphatic heterocycles. The third-order valence-corrected chi connectivity index (χ3v) is 3.60. The molecule has 0 bridgehead atoms. The third kappa shape index (κ3) is 3.15. The molecule has 0 spiro atoms. The van der Waals surface area contributed by atoms with Crippen molar-refractivity contribution in [2.75, 3.05) is 5.32 Å². The Morgan fingerprint density at radius 2 is 1.90 bits per heavy atom. The minimum Gasteiger partial charge on any atom is -0.392 e. The molecule has 2 aromatic carbocycles. The van der Waals surface area contributed by atoms with Crippen molar-refractivity contribution in [2.24, 2.45) is 0 Å². The third-order valence-electron chi connectivity index (χ3n) is 3.36. The lowest BCUT2D eigenvalue weighted by atomic mass is 10.1. The Morgan fingerprint density at radius 3 is 2.76 bits per heavy atom. The molecule has 0 radical (unpaired) electrons. The van der Waals surface area contributed by atoms with Gasteiger partial charge < -0.3 is 10.4 Å². The zero-order valence-electron chi connectivity index (χ0n) is 11.4. The zero-order valence-corrected chi connectivity index (χ0v) is 12.1. The molecular formula is C17H15ClN2O. The minimum atomic E-state index is 0.0600. The average molecular weight is 299 g/mol.